The Hall–Kier alpha value is -3.00. The average Bonchev–Trinajstić information content (AvgIpc) is 3.09. The Bertz CT molecular complexity index is 963. The number of pyridine rings is 1. The SMILES string of the molecule is COC(=O)c1ccc2ncc(NC(=O)Cc3cccs3)c(=O)n2c1. The van der Waals surface area contributed by atoms with Gasteiger partial charge in [0.1, 0.15) is 11.3 Å². The predicted molar refractivity (Wildman–Crippen MR) is 89.5 cm³/mol. The normalized spacial score (nSPS) is 10.5. The highest BCUT2D eigenvalue weighted by Crippen LogP contribution is 2.11. The second-order valence-corrected chi connectivity index (χ2v) is 5.95. The van der Waals surface area contributed by atoms with E-state index in [1.54, 1.807) is 0 Å². The van der Waals surface area contributed by atoms with Crippen molar-refractivity contribution in [3.8, 4) is 0 Å². The van der Waals surface area contributed by atoms with Crippen LogP contribution in [-0.4, -0.2) is 28.4 Å². The molecule has 8 heteroatoms. The van der Waals surface area contributed by atoms with E-state index in [4.69, 9.17) is 0 Å². The van der Waals surface area contributed by atoms with Crippen LogP contribution in [0.5, 0.6) is 0 Å². The van der Waals surface area contributed by atoms with E-state index in [2.05, 4.69) is 15.0 Å². The van der Waals surface area contributed by atoms with Crippen molar-refractivity contribution < 1.29 is 14.3 Å². The fourth-order valence-corrected chi connectivity index (χ4v) is 2.87. The average molecular weight is 343 g/mol. The third kappa shape index (κ3) is 3.18. The minimum absolute atomic E-state index is 0.0519. The van der Waals surface area contributed by atoms with Gasteiger partial charge in [0.05, 0.1) is 25.3 Å². The fourth-order valence-electron chi connectivity index (χ4n) is 2.17. The maximum absolute atomic E-state index is 12.5. The number of methoxy groups -OCH3 is 1. The van der Waals surface area contributed by atoms with E-state index in [1.807, 2.05) is 17.5 Å². The maximum atomic E-state index is 12.5. The summed E-state index contributed by atoms with van der Waals surface area (Å²) < 4.78 is 5.84. The van der Waals surface area contributed by atoms with Crippen LogP contribution >= 0.6 is 11.3 Å². The highest BCUT2D eigenvalue weighted by molar-refractivity contribution is 7.10. The van der Waals surface area contributed by atoms with E-state index in [-0.39, 0.29) is 23.6 Å². The zero-order valence-corrected chi connectivity index (χ0v) is 13.5. The van der Waals surface area contributed by atoms with Crippen LogP contribution in [0, 0.1) is 0 Å². The number of carbonyl (C=O) groups is 2. The molecule has 1 N–H and O–H groups in total. The Balaban J connectivity index is 1.91. The molecule has 3 heterocycles. The van der Waals surface area contributed by atoms with Crippen molar-refractivity contribution in [3.63, 3.8) is 0 Å². The zero-order valence-electron chi connectivity index (χ0n) is 12.7. The maximum Gasteiger partial charge on any atom is 0.339 e. The molecule has 0 unspecified atom stereocenters. The molecule has 24 heavy (non-hydrogen) atoms. The molecule has 0 saturated carbocycles. The van der Waals surface area contributed by atoms with Gasteiger partial charge in [0.2, 0.25) is 5.91 Å². The van der Waals surface area contributed by atoms with E-state index in [1.165, 1.54) is 47.4 Å². The van der Waals surface area contributed by atoms with Crippen LogP contribution < -0.4 is 10.9 Å². The van der Waals surface area contributed by atoms with Gasteiger partial charge < -0.3 is 10.1 Å². The first kappa shape index (κ1) is 15.9. The number of hydrogen-bond donors (Lipinski definition) is 1. The summed E-state index contributed by atoms with van der Waals surface area (Å²) in [5, 5.41) is 4.44. The second-order valence-electron chi connectivity index (χ2n) is 4.92. The van der Waals surface area contributed by atoms with E-state index in [0.29, 0.717) is 5.65 Å². The first-order chi connectivity index (χ1) is 11.6. The molecule has 0 spiro atoms. The van der Waals surface area contributed by atoms with E-state index in [9.17, 15) is 14.4 Å². The number of anilines is 1. The van der Waals surface area contributed by atoms with Gasteiger partial charge >= 0.3 is 5.97 Å². The minimum atomic E-state index is -0.559. The third-order valence-electron chi connectivity index (χ3n) is 3.31. The molecule has 122 valence electrons. The number of esters is 1. The summed E-state index contributed by atoms with van der Waals surface area (Å²) in [6.07, 6.45) is 2.83. The van der Waals surface area contributed by atoms with Crippen LogP contribution in [0.1, 0.15) is 15.2 Å². The topological polar surface area (TPSA) is 89.8 Å². The lowest BCUT2D eigenvalue weighted by atomic mass is 10.3. The molecule has 0 atom stereocenters. The molecule has 0 saturated heterocycles. The van der Waals surface area contributed by atoms with Gasteiger partial charge in [-0.2, -0.15) is 0 Å². The zero-order chi connectivity index (χ0) is 17.1. The molecule has 0 aliphatic rings. The molecular weight excluding hydrogens is 330 g/mol. The fraction of sp³-hybridized carbons (Fsp3) is 0.125. The van der Waals surface area contributed by atoms with Crippen LogP contribution in [0.25, 0.3) is 5.65 Å². The lowest BCUT2D eigenvalue weighted by Gasteiger charge is -2.07. The van der Waals surface area contributed by atoms with Crippen LogP contribution in [0.15, 0.2) is 46.8 Å². The highest BCUT2D eigenvalue weighted by atomic mass is 32.1. The highest BCUT2D eigenvalue weighted by Gasteiger charge is 2.12. The number of nitrogens with one attached hydrogen (secondary N) is 1. The van der Waals surface area contributed by atoms with Gasteiger partial charge in [-0.1, -0.05) is 6.07 Å². The molecule has 0 radical (unpaired) electrons. The summed E-state index contributed by atoms with van der Waals surface area (Å²) in [6.45, 7) is 0. The predicted octanol–water partition coefficient (Wildman–Crippen LogP) is 1.72. The molecule has 0 aromatic carbocycles. The molecule has 7 nitrogen and oxygen atoms in total. The van der Waals surface area contributed by atoms with Gasteiger partial charge in [0.15, 0.2) is 0 Å². The van der Waals surface area contributed by atoms with Crippen LogP contribution in [-0.2, 0) is 16.0 Å². The monoisotopic (exact) mass is 343 g/mol. The van der Waals surface area contributed by atoms with Gasteiger partial charge in [-0.05, 0) is 23.6 Å². The molecule has 3 aromatic heterocycles. The van der Waals surface area contributed by atoms with Crippen molar-refractivity contribution in [2.75, 3.05) is 12.4 Å². The van der Waals surface area contributed by atoms with Crippen molar-refractivity contribution in [2.24, 2.45) is 0 Å². The Kier molecular flexibility index (Phi) is 4.39. The van der Waals surface area contributed by atoms with E-state index in [0.717, 1.165) is 4.88 Å². The molecular formula is C16H13N3O4S. The van der Waals surface area contributed by atoms with Crippen molar-refractivity contribution >= 4 is 34.5 Å². The summed E-state index contributed by atoms with van der Waals surface area (Å²) in [5.41, 5.74) is 0.168. The van der Waals surface area contributed by atoms with Crippen LogP contribution in [0.2, 0.25) is 0 Å². The molecule has 0 bridgehead atoms. The Morgan fingerprint density at radius 1 is 1.33 bits per heavy atom. The number of carbonyl (C=O) groups excluding carboxylic acids is 2. The first-order valence-corrected chi connectivity index (χ1v) is 7.88. The van der Waals surface area contributed by atoms with Crippen molar-refractivity contribution in [2.45, 2.75) is 6.42 Å². The lowest BCUT2D eigenvalue weighted by molar-refractivity contribution is -0.115. The number of thiophene rings is 1. The number of fused-ring (bicyclic) bond motifs is 1. The molecule has 0 fully saturated rings. The minimum Gasteiger partial charge on any atom is -0.465 e. The van der Waals surface area contributed by atoms with Crippen molar-refractivity contribution in [3.05, 3.63) is 62.8 Å². The molecule has 1 amide bonds. The first-order valence-electron chi connectivity index (χ1n) is 7.00. The quantitative estimate of drug-likeness (QED) is 0.729. The summed E-state index contributed by atoms with van der Waals surface area (Å²) >= 11 is 1.47. The number of ether oxygens (including phenoxy) is 1. The van der Waals surface area contributed by atoms with Gasteiger partial charge in [-0.3, -0.25) is 14.0 Å². The van der Waals surface area contributed by atoms with E-state index >= 15 is 0 Å². The Labute approximate surface area is 140 Å². The van der Waals surface area contributed by atoms with Gasteiger partial charge in [0.25, 0.3) is 5.56 Å². The number of amides is 1. The number of rotatable bonds is 4. The number of nitrogens with zero attached hydrogens (tertiary/aromatic N) is 2. The van der Waals surface area contributed by atoms with Crippen LogP contribution in [0.4, 0.5) is 5.69 Å². The Morgan fingerprint density at radius 3 is 2.88 bits per heavy atom. The lowest BCUT2D eigenvalue weighted by Crippen LogP contribution is -2.24. The Morgan fingerprint density at radius 2 is 2.17 bits per heavy atom. The van der Waals surface area contributed by atoms with Crippen molar-refractivity contribution in [1.29, 1.82) is 0 Å². The summed E-state index contributed by atoms with van der Waals surface area (Å²) in [4.78, 5) is 41.1. The van der Waals surface area contributed by atoms with Gasteiger partial charge in [0, 0.05) is 11.1 Å². The van der Waals surface area contributed by atoms with Crippen molar-refractivity contribution in [1.82, 2.24) is 9.38 Å². The molecule has 3 aromatic rings. The number of aromatic nitrogens is 2. The summed E-state index contributed by atoms with van der Waals surface area (Å²) in [6, 6.07) is 6.75. The summed E-state index contributed by atoms with van der Waals surface area (Å²) in [7, 11) is 1.26. The number of hydrogen-bond acceptors (Lipinski definition) is 6. The molecule has 3 rings (SSSR count). The summed E-state index contributed by atoms with van der Waals surface area (Å²) in [5.74, 6) is -0.864. The molecule has 0 aliphatic carbocycles. The van der Waals surface area contributed by atoms with E-state index < -0.39 is 11.5 Å². The van der Waals surface area contributed by atoms with Gasteiger partial charge in [-0.25, -0.2) is 9.78 Å². The third-order valence-corrected chi connectivity index (χ3v) is 4.19. The van der Waals surface area contributed by atoms with Gasteiger partial charge in [-0.15, -0.1) is 11.3 Å². The second kappa shape index (κ2) is 6.63. The largest absolute Gasteiger partial charge is 0.465 e. The smallest absolute Gasteiger partial charge is 0.339 e. The molecule has 0 aliphatic heterocycles. The standard InChI is InChI=1S/C16H13N3O4S/c1-23-16(22)10-4-5-13-17-8-12(15(21)19(13)9-10)18-14(20)7-11-3-2-6-24-11/h2-6,8-9H,7H2,1H3,(H,18,20). The van der Waals surface area contributed by atoms with Crippen LogP contribution in [0.3, 0.4) is 0 Å².